The molecule has 2 aliphatic carbocycles. The van der Waals surface area contributed by atoms with Crippen LogP contribution < -0.4 is 0 Å². The highest BCUT2D eigenvalue weighted by Crippen LogP contribution is 2.56. The molecule has 0 bridgehead atoms. The molecule has 0 fully saturated rings. The average Bonchev–Trinajstić information content (AvgIpc) is 1.56. The van der Waals surface area contributed by atoms with Crippen LogP contribution in [-0.4, -0.2) is 29.9 Å². The number of rotatable bonds is 10. The molecule has 6 nitrogen and oxygen atoms in total. The third-order valence-electron chi connectivity index (χ3n) is 20.0. The molecule has 0 radical (unpaired) electrons. The zero-order valence-electron chi connectivity index (χ0n) is 54.9. The van der Waals surface area contributed by atoms with Crippen LogP contribution in [0.1, 0.15) is 49.9 Å². The first-order chi connectivity index (χ1) is 48.1. The minimum Gasteiger partial charge on any atom is -0.264 e. The van der Waals surface area contributed by atoms with Crippen LogP contribution in [0.5, 0.6) is 0 Å². The van der Waals surface area contributed by atoms with Gasteiger partial charge < -0.3 is 0 Å². The molecule has 2 aliphatic rings. The van der Waals surface area contributed by atoms with Crippen LogP contribution in [0.15, 0.2) is 328 Å². The van der Waals surface area contributed by atoms with Crippen LogP contribution in [0.4, 0.5) is 0 Å². The molecule has 0 N–H and O–H groups in total. The summed E-state index contributed by atoms with van der Waals surface area (Å²) in [7, 11) is 0. The Morgan fingerprint density at radius 3 is 1.10 bits per heavy atom. The molecule has 0 atom stereocenters. The van der Waals surface area contributed by atoms with E-state index in [4.69, 9.17) is 19.9 Å². The summed E-state index contributed by atoms with van der Waals surface area (Å²) in [5.41, 5.74) is 29.8. The number of nitrogens with zero attached hydrogens (tertiary/aromatic N) is 6. The highest BCUT2D eigenvalue weighted by molar-refractivity contribution is 6.07. The first-order valence-electron chi connectivity index (χ1n) is 33.5. The molecule has 0 amide bonds. The third-order valence-corrected chi connectivity index (χ3v) is 20.0. The van der Waals surface area contributed by atoms with Crippen LogP contribution in [0, 0.1) is 0 Å². The van der Waals surface area contributed by atoms with Gasteiger partial charge in [-0.15, -0.1) is 0 Å². The van der Waals surface area contributed by atoms with Crippen molar-refractivity contribution >= 4 is 21.5 Å². The summed E-state index contributed by atoms with van der Waals surface area (Å²) >= 11 is 0. The van der Waals surface area contributed by atoms with Crippen LogP contribution in [-0.2, 0) is 10.8 Å². The van der Waals surface area contributed by atoms with Gasteiger partial charge in [-0.3, -0.25) is 9.97 Å². The number of fused-ring (bicyclic) bond motifs is 10. The maximum atomic E-state index is 5.12. The molecule has 4 heterocycles. The molecule has 0 saturated heterocycles. The fourth-order valence-electron chi connectivity index (χ4n) is 15.0. The van der Waals surface area contributed by atoms with Crippen LogP contribution in [0.3, 0.4) is 0 Å². The van der Waals surface area contributed by atoms with Crippen molar-refractivity contribution in [1.29, 1.82) is 0 Å². The first-order valence-corrected chi connectivity index (χ1v) is 33.5. The highest BCUT2D eigenvalue weighted by Gasteiger charge is 2.39. The van der Waals surface area contributed by atoms with Crippen molar-refractivity contribution in [3.63, 3.8) is 0 Å². The van der Waals surface area contributed by atoms with Gasteiger partial charge in [0.05, 0.1) is 22.8 Å². The third kappa shape index (κ3) is 10.6. The van der Waals surface area contributed by atoms with E-state index in [9.17, 15) is 0 Å². The average molecular weight is 1260 g/mol. The Kier molecular flexibility index (Phi) is 14.8. The molecule has 6 heteroatoms. The minimum absolute atomic E-state index is 0.0773. The molecular formula is C92H66N6. The van der Waals surface area contributed by atoms with Gasteiger partial charge in [0.15, 0.2) is 11.6 Å². The van der Waals surface area contributed by atoms with Gasteiger partial charge in [-0.2, -0.15) is 0 Å². The van der Waals surface area contributed by atoms with E-state index >= 15 is 0 Å². The number of benzene rings is 12. The fraction of sp³-hybridized carbons (Fsp3) is 0.0652. The topological polar surface area (TPSA) is 77.3 Å². The maximum absolute atomic E-state index is 5.12. The van der Waals surface area contributed by atoms with Crippen LogP contribution >= 0.6 is 0 Å². The van der Waals surface area contributed by atoms with Gasteiger partial charge in [-0.05, 0) is 135 Å². The van der Waals surface area contributed by atoms with Crippen molar-refractivity contribution in [2.45, 2.75) is 38.5 Å². The lowest BCUT2D eigenvalue weighted by atomic mass is 9.80. The van der Waals surface area contributed by atoms with Gasteiger partial charge in [0.1, 0.15) is 0 Å². The summed E-state index contributed by atoms with van der Waals surface area (Å²) in [6, 6.07) is 108. The molecule has 0 aliphatic heterocycles. The van der Waals surface area contributed by atoms with Gasteiger partial charge >= 0.3 is 0 Å². The summed E-state index contributed by atoms with van der Waals surface area (Å²) in [5.74, 6) is 1.40. The van der Waals surface area contributed by atoms with Crippen molar-refractivity contribution in [1.82, 2.24) is 29.9 Å². The quantitative estimate of drug-likeness (QED) is 0.136. The fourth-order valence-corrected chi connectivity index (χ4v) is 15.0. The standard InChI is InChI=1S/2C46H33N3/c1-46(2)40-16-8-15-37(43(40)39-26-25-31-10-6-7-14-38(31)44(39)46)32-19-21-34(22-20-32)42-28-41(33-11-4-3-5-12-33)48-45(49-42)35-23-17-30(18-24-35)36-13-9-27-47-29-36;1-46(2)39-16-8-15-38(43(39)44-37-14-7-6-10-31(37)25-26-40(44)46)32-19-21-34(22-20-32)42-28-41(33-11-4-3-5-12-33)48-45(49-42)35-23-17-30(18-24-35)36-13-9-27-47-29-36/h2*3-29H,1-2H3. The van der Waals surface area contributed by atoms with Gasteiger partial charge in [-0.25, -0.2) is 19.9 Å². The highest BCUT2D eigenvalue weighted by atomic mass is 14.9. The summed E-state index contributed by atoms with van der Waals surface area (Å²) < 4.78 is 0. The van der Waals surface area contributed by atoms with E-state index in [2.05, 4.69) is 317 Å². The Balaban J connectivity index is 0.000000147. The maximum Gasteiger partial charge on any atom is 0.160 e. The zero-order valence-corrected chi connectivity index (χ0v) is 54.9. The molecule has 98 heavy (non-hydrogen) atoms. The largest absolute Gasteiger partial charge is 0.264 e. The van der Waals surface area contributed by atoms with Crippen LogP contribution in [0.25, 0.3) is 156 Å². The molecule has 0 spiro atoms. The van der Waals surface area contributed by atoms with Gasteiger partial charge in [0.2, 0.25) is 0 Å². The van der Waals surface area contributed by atoms with Gasteiger partial charge in [0, 0.05) is 69.0 Å². The molecule has 0 saturated carbocycles. The van der Waals surface area contributed by atoms with E-state index in [1.165, 1.54) is 88.3 Å². The second-order valence-electron chi connectivity index (χ2n) is 26.6. The van der Waals surface area contributed by atoms with E-state index < -0.39 is 0 Å². The number of aromatic nitrogens is 6. The Labute approximate surface area is 571 Å². The lowest BCUT2D eigenvalue weighted by Crippen LogP contribution is -2.15. The van der Waals surface area contributed by atoms with Crippen molar-refractivity contribution in [3.8, 4) is 135 Å². The van der Waals surface area contributed by atoms with E-state index in [0.29, 0.717) is 11.6 Å². The Bertz CT molecular complexity index is 5680. The lowest BCUT2D eigenvalue weighted by Gasteiger charge is -2.23. The van der Waals surface area contributed by atoms with Crippen LogP contribution in [0.2, 0.25) is 0 Å². The van der Waals surface area contributed by atoms with Gasteiger partial charge in [-0.1, -0.05) is 307 Å². The van der Waals surface area contributed by atoms with Crippen molar-refractivity contribution < 1.29 is 0 Å². The molecule has 18 rings (SSSR count). The second-order valence-corrected chi connectivity index (χ2v) is 26.6. The predicted octanol–water partition coefficient (Wildman–Crippen LogP) is 23.3. The van der Waals surface area contributed by atoms with E-state index in [-0.39, 0.29) is 10.8 Å². The van der Waals surface area contributed by atoms with Gasteiger partial charge in [0.25, 0.3) is 0 Å². The number of hydrogen-bond acceptors (Lipinski definition) is 6. The second kappa shape index (κ2) is 24.4. The molecule has 4 aromatic heterocycles. The molecule has 0 unspecified atom stereocenters. The summed E-state index contributed by atoms with van der Waals surface area (Å²) in [6.07, 6.45) is 7.36. The minimum atomic E-state index is -0.0944. The SMILES string of the molecule is CC1(C)c2cccc(-c3ccc(-c4cc(-c5ccccc5)nc(-c5ccc(-c6cccnc6)cc5)n4)cc3)c2-c2c1ccc1ccccc21.CC1(C)c2cccc(-c3ccc(-c4cc(-c5ccccc5)nc(-c5ccc(-c6cccnc6)cc5)n4)cc3)c2-c2ccc3ccccc3c21. The number of hydrogen-bond donors (Lipinski definition) is 0. The van der Waals surface area contributed by atoms with Crippen molar-refractivity contribution in [2.24, 2.45) is 0 Å². The first kappa shape index (κ1) is 59.4. The monoisotopic (exact) mass is 1250 g/mol. The van der Waals surface area contributed by atoms with E-state index in [0.717, 1.165) is 78.4 Å². The molecule has 464 valence electrons. The summed E-state index contributed by atoms with van der Waals surface area (Å²) in [4.78, 5) is 28.9. The molecule has 16 aromatic rings. The van der Waals surface area contributed by atoms with E-state index in [1.54, 1.807) is 12.4 Å². The molecular weight excluding hydrogens is 1190 g/mol. The van der Waals surface area contributed by atoms with E-state index in [1.807, 2.05) is 36.7 Å². The Hall–Kier alpha value is -12.4. The zero-order chi connectivity index (χ0) is 65.9. The Morgan fingerprint density at radius 2 is 0.612 bits per heavy atom. The smallest absolute Gasteiger partial charge is 0.160 e. The summed E-state index contributed by atoms with van der Waals surface area (Å²) in [6.45, 7) is 9.42. The summed E-state index contributed by atoms with van der Waals surface area (Å²) in [5, 5.41) is 5.21. The number of pyridine rings is 2. The Morgan fingerprint density at radius 1 is 0.235 bits per heavy atom. The lowest BCUT2D eigenvalue weighted by molar-refractivity contribution is 0.661. The van der Waals surface area contributed by atoms with Crippen molar-refractivity contribution in [3.05, 3.63) is 350 Å². The normalized spacial score (nSPS) is 12.9. The molecule has 12 aromatic carbocycles. The predicted molar refractivity (Wildman–Crippen MR) is 404 cm³/mol. The van der Waals surface area contributed by atoms with Crippen molar-refractivity contribution in [2.75, 3.05) is 0 Å².